The number of halogens is 12. The summed E-state index contributed by atoms with van der Waals surface area (Å²) in [5.41, 5.74) is 0. The van der Waals surface area contributed by atoms with Gasteiger partial charge in [0.15, 0.2) is 11.7 Å². The number of carbonyl (C=O) groups is 2. The van der Waals surface area contributed by atoms with Crippen LogP contribution in [0.3, 0.4) is 0 Å². The van der Waals surface area contributed by atoms with Crippen LogP contribution in [0.15, 0.2) is 21.1 Å². The molecule has 1 aliphatic carbocycles. The lowest BCUT2D eigenvalue weighted by Gasteiger charge is -2.38. The number of rotatable bonds is 2. The predicted molar refractivity (Wildman–Crippen MR) is 63.4 cm³/mol. The number of hydrogen-bond acceptors (Lipinski definition) is 4. The van der Waals surface area contributed by atoms with E-state index in [4.69, 9.17) is 0 Å². The summed E-state index contributed by atoms with van der Waals surface area (Å²) in [6.45, 7) is 0. The van der Waals surface area contributed by atoms with E-state index in [1.807, 2.05) is 0 Å². The zero-order valence-electron chi connectivity index (χ0n) is 11.2. The zero-order valence-corrected chi connectivity index (χ0v) is 13.3. The topological polar surface area (TPSA) is 52.6 Å². The first-order valence-corrected chi connectivity index (χ1v) is 6.57. The van der Waals surface area contributed by atoms with Gasteiger partial charge in [0.1, 0.15) is 3.58 Å². The molecule has 0 saturated heterocycles. The van der Waals surface area contributed by atoms with Crippen molar-refractivity contribution in [2.75, 3.05) is 0 Å². The van der Waals surface area contributed by atoms with Gasteiger partial charge in [-0.1, -0.05) is 0 Å². The Labute approximate surface area is 147 Å². The van der Waals surface area contributed by atoms with E-state index in [1.165, 1.54) is 0 Å². The fourth-order valence-corrected chi connectivity index (χ4v) is 2.04. The highest BCUT2D eigenvalue weighted by atomic mass is 127. The van der Waals surface area contributed by atoms with Gasteiger partial charge in [0.2, 0.25) is 5.83 Å². The maximum Gasteiger partial charge on any atom is 0.491 e. The Morgan fingerprint density at radius 3 is 1.46 bits per heavy atom. The number of allylic oxidation sites excluding steroid dienone is 2. The van der Waals surface area contributed by atoms with Gasteiger partial charge in [-0.25, -0.2) is 22.8 Å². The average molecular weight is 520 g/mol. The van der Waals surface area contributed by atoms with Crippen LogP contribution in [0.4, 0.5) is 48.3 Å². The zero-order chi connectivity index (χ0) is 20.9. The Morgan fingerprint density at radius 2 is 1.12 bits per heavy atom. The summed E-state index contributed by atoms with van der Waals surface area (Å²) in [5.74, 6) is -28.0. The highest BCUT2D eigenvalue weighted by Crippen LogP contribution is 2.55. The van der Waals surface area contributed by atoms with E-state index in [0.29, 0.717) is 0 Å². The van der Waals surface area contributed by atoms with Crippen LogP contribution < -0.4 is 0 Å². The van der Waals surface area contributed by atoms with Crippen molar-refractivity contribution in [3.8, 4) is 0 Å². The molecule has 0 radical (unpaired) electrons. The van der Waals surface area contributed by atoms with Gasteiger partial charge >= 0.3 is 36.0 Å². The van der Waals surface area contributed by atoms with Crippen molar-refractivity contribution in [1.82, 2.24) is 0 Å². The van der Waals surface area contributed by atoms with Crippen LogP contribution in [-0.4, -0.2) is 36.0 Å². The highest BCUT2D eigenvalue weighted by molar-refractivity contribution is 14.1. The van der Waals surface area contributed by atoms with Gasteiger partial charge in [-0.05, 0) is 22.6 Å². The SMILES string of the molecule is O=C(O[C@@]1(F)C(F)=C(F)C(F)=C(I)[C@]1(F)OC(=O)C(F)(F)F)C(F)(F)F. The Morgan fingerprint density at radius 1 is 0.769 bits per heavy atom. The maximum absolute atomic E-state index is 14.5. The minimum atomic E-state index is -6.17. The Bertz CT molecular complexity index is 649. The molecule has 0 fully saturated rings. The molecule has 0 unspecified atom stereocenters. The molecule has 0 aromatic heterocycles. The van der Waals surface area contributed by atoms with Crippen molar-refractivity contribution in [2.45, 2.75) is 24.1 Å². The molecule has 0 saturated carbocycles. The monoisotopic (exact) mass is 520 g/mol. The third kappa shape index (κ3) is 3.59. The second-order valence-corrected chi connectivity index (χ2v) is 5.30. The van der Waals surface area contributed by atoms with Crippen molar-refractivity contribution < 1.29 is 67.4 Å². The van der Waals surface area contributed by atoms with Crippen LogP contribution in [0.25, 0.3) is 0 Å². The van der Waals surface area contributed by atoms with Gasteiger partial charge in [0, 0.05) is 0 Å². The molecule has 2 atom stereocenters. The van der Waals surface area contributed by atoms with Gasteiger partial charge in [-0.15, -0.1) is 0 Å². The third-order valence-corrected chi connectivity index (χ3v) is 3.65. The number of ether oxygens (including phenoxy) is 2. The van der Waals surface area contributed by atoms with E-state index in [0.717, 1.165) is 0 Å². The molecule has 0 aliphatic heterocycles. The predicted octanol–water partition coefficient (Wildman–Crippen LogP) is 4.31. The standard InChI is InChI=1S/C10F11IO4/c11-1-2(12)4(22)8(15,26-6(24)10(19,20)21)7(14,3(1)13)25-5(23)9(16,17)18/t7-,8-/m0/s1. The largest absolute Gasteiger partial charge is 0.491 e. The van der Waals surface area contributed by atoms with Crippen LogP contribution in [-0.2, 0) is 19.1 Å². The van der Waals surface area contributed by atoms with E-state index >= 15 is 0 Å². The summed E-state index contributed by atoms with van der Waals surface area (Å²) in [6, 6.07) is 0. The van der Waals surface area contributed by atoms with Crippen molar-refractivity contribution >= 4 is 34.5 Å². The summed E-state index contributed by atoms with van der Waals surface area (Å²) in [6.07, 6.45) is -12.3. The van der Waals surface area contributed by atoms with Crippen molar-refractivity contribution in [3.63, 3.8) is 0 Å². The first-order chi connectivity index (χ1) is 11.4. The molecule has 0 N–H and O–H groups in total. The molecule has 0 bridgehead atoms. The van der Waals surface area contributed by atoms with Crippen molar-refractivity contribution in [3.05, 3.63) is 21.1 Å². The summed E-state index contributed by atoms with van der Waals surface area (Å²) >= 11 is 0.173. The molecular formula is C10F11IO4. The van der Waals surface area contributed by atoms with Gasteiger partial charge < -0.3 is 9.47 Å². The lowest BCUT2D eigenvalue weighted by Crippen LogP contribution is -2.58. The number of hydrogen-bond donors (Lipinski definition) is 0. The van der Waals surface area contributed by atoms with E-state index < -0.39 is 57.1 Å². The Kier molecular flexibility index (Phi) is 5.62. The summed E-state index contributed by atoms with van der Waals surface area (Å²) in [5, 5.41) is 0. The van der Waals surface area contributed by atoms with Gasteiger partial charge in [-0.2, -0.15) is 35.1 Å². The molecule has 16 heteroatoms. The molecule has 1 rings (SSSR count). The molecule has 0 aromatic carbocycles. The minimum Gasteiger partial charge on any atom is -0.410 e. The summed E-state index contributed by atoms with van der Waals surface area (Å²) < 4.78 is 145. The van der Waals surface area contributed by atoms with E-state index in [2.05, 4.69) is 9.47 Å². The fraction of sp³-hybridized carbons (Fsp3) is 0.400. The lowest BCUT2D eigenvalue weighted by molar-refractivity contribution is -0.301. The number of alkyl halides is 8. The minimum absolute atomic E-state index is 0.173. The van der Waals surface area contributed by atoms with Gasteiger partial charge in [0.25, 0.3) is 0 Å². The highest BCUT2D eigenvalue weighted by Gasteiger charge is 2.72. The molecule has 0 aromatic rings. The smallest absolute Gasteiger partial charge is 0.410 e. The quantitative estimate of drug-likeness (QED) is 0.310. The van der Waals surface area contributed by atoms with Crippen LogP contribution in [0.5, 0.6) is 0 Å². The van der Waals surface area contributed by atoms with Crippen molar-refractivity contribution in [2.24, 2.45) is 0 Å². The molecule has 1 aliphatic rings. The van der Waals surface area contributed by atoms with Gasteiger partial charge in [-0.3, -0.25) is 0 Å². The van der Waals surface area contributed by atoms with E-state index in [-0.39, 0.29) is 22.6 Å². The molecule has 0 heterocycles. The third-order valence-electron chi connectivity index (χ3n) is 2.49. The summed E-state index contributed by atoms with van der Waals surface area (Å²) in [7, 11) is 0. The Balaban J connectivity index is 3.60. The number of esters is 2. The Hall–Kier alpha value is -1.62. The van der Waals surface area contributed by atoms with Crippen LogP contribution in [0.1, 0.15) is 0 Å². The molecule has 26 heavy (non-hydrogen) atoms. The van der Waals surface area contributed by atoms with Crippen LogP contribution in [0.2, 0.25) is 0 Å². The average Bonchev–Trinajstić information content (AvgIpc) is 2.48. The van der Waals surface area contributed by atoms with E-state index in [9.17, 15) is 57.9 Å². The first kappa shape index (κ1) is 22.4. The van der Waals surface area contributed by atoms with E-state index in [1.54, 1.807) is 0 Å². The molecule has 0 spiro atoms. The molecule has 0 amide bonds. The second kappa shape index (κ2) is 6.52. The first-order valence-electron chi connectivity index (χ1n) is 5.49. The second-order valence-electron chi connectivity index (χ2n) is 4.22. The fourth-order valence-electron chi connectivity index (χ4n) is 1.35. The molecule has 4 nitrogen and oxygen atoms in total. The van der Waals surface area contributed by atoms with Crippen LogP contribution in [0, 0.1) is 0 Å². The lowest BCUT2D eigenvalue weighted by atomic mass is 10.00. The van der Waals surface area contributed by atoms with Gasteiger partial charge in [0.05, 0.1) is 0 Å². The van der Waals surface area contributed by atoms with Crippen molar-refractivity contribution in [1.29, 1.82) is 0 Å². The van der Waals surface area contributed by atoms with Crippen LogP contribution >= 0.6 is 22.6 Å². The molecular weight excluding hydrogens is 520 g/mol. The number of carbonyl (C=O) groups excluding carboxylic acids is 2. The normalized spacial score (nSPS) is 27.5. The maximum atomic E-state index is 14.5. The summed E-state index contributed by atoms with van der Waals surface area (Å²) in [4.78, 5) is 21.3. The molecule has 148 valence electrons.